The van der Waals surface area contributed by atoms with Gasteiger partial charge in [-0.15, -0.1) is 0 Å². The van der Waals surface area contributed by atoms with Crippen LogP contribution in [0.1, 0.15) is 32.6 Å². The summed E-state index contributed by atoms with van der Waals surface area (Å²) in [6.45, 7) is 6.67. The maximum absolute atomic E-state index is 13.0. The van der Waals surface area contributed by atoms with Crippen LogP contribution in [0.25, 0.3) is 0 Å². The highest BCUT2D eigenvalue weighted by atomic mass is 16.5. The third-order valence-corrected chi connectivity index (χ3v) is 4.50. The van der Waals surface area contributed by atoms with Crippen molar-refractivity contribution in [3.05, 3.63) is 0 Å². The van der Waals surface area contributed by atoms with Gasteiger partial charge < -0.3 is 19.7 Å². The van der Waals surface area contributed by atoms with E-state index in [0.717, 1.165) is 58.5 Å². The molecule has 0 bridgehead atoms. The van der Waals surface area contributed by atoms with E-state index in [1.165, 1.54) is 0 Å². The average Bonchev–Trinajstić information content (AvgIpc) is 2.48. The maximum Gasteiger partial charge on any atom is 0.231 e. The van der Waals surface area contributed by atoms with Crippen LogP contribution in [0.5, 0.6) is 0 Å². The van der Waals surface area contributed by atoms with Crippen molar-refractivity contribution in [3.63, 3.8) is 0 Å². The second-order valence-electron chi connectivity index (χ2n) is 5.93. The van der Waals surface area contributed by atoms with Gasteiger partial charge in [-0.05, 0) is 45.7 Å². The van der Waals surface area contributed by atoms with E-state index in [1.54, 1.807) is 7.11 Å². The van der Waals surface area contributed by atoms with Crippen LogP contribution in [-0.4, -0.2) is 63.4 Å². The molecule has 0 saturated carbocycles. The summed E-state index contributed by atoms with van der Waals surface area (Å²) >= 11 is 0. The quantitative estimate of drug-likeness (QED) is 0.819. The average molecular weight is 284 g/mol. The van der Waals surface area contributed by atoms with Crippen molar-refractivity contribution >= 4 is 5.91 Å². The predicted octanol–water partition coefficient (Wildman–Crippen LogP) is 1.03. The van der Waals surface area contributed by atoms with Crippen molar-refractivity contribution in [2.24, 2.45) is 5.41 Å². The summed E-state index contributed by atoms with van der Waals surface area (Å²) in [5.41, 5.74) is -0.325. The molecule has 0 aromatic carbocycles. The van der Waals surface area contributed by atoms with Crippen molar-refractivity contribution in [1.82, 2.24) is 10.2 Å². The number of nitrogens with one attached hydrogen (secondary N) is 1. The predicted molar refractivity (Wildman–Crippen MR) is 77.6 cm³/mol. The largest absolute Gasteiger partial charge is 0.384 e. The Kier molecular flexibility index (Phi) is 5.81. The van der Waals surface area contributed by atoms with Gasteiger partial charge in [-0.2, -0.15) is 0 Å². The number of hydrogen-bond donors (Lipinski definition) is 1. The maximum atomic E-state index is 13.0. The van der Waals surface area contributed by atoms with E-state index in [0.29, 0.717) is 6.61 Å². The van der Waals surface area contributed by atoms with Crippen LogP contribution in [0, 0.1) is 5.41 Å². The Balaban J connectivity index is 2.02. The number of nitrogens with zero attached hydrogens (tertiary/aromatic N) is 1. The zero-order chi connectivity index (χ0) is 14.4. The molecule has 0 spiro atoms. The molecular formula is C15H28N2O3. The monoisotopic (exact) mass is 284 g/mol. The minimum absolute atomic E-state index is 0.207. The molecule has 2 heterocycles. The molecule has 0 aromatic rings. The number of hydrogen-bond acceptors (Lipinski definition) is 4. The molecule has 1 N–H and O–H groups in total. The fourth-order valence-electron chi connectivity index (χ4n) is 3.43. The summed E-state index contributed by atoms with van der Waals surface area (Å²) in [5.74, 6) is 0.269. The zero-order valence-electron chi connectivity index (χ0n) is 12.8. The van der Waals surface area contributed by atoms with Gasteiger partial charge in [-0.3, -0.25) is 4.79 Å². The number of piperidine rings is 2. The standard InChI is InChI=1S/C15H28N2O3/c1-3-20-13-5-4-10-17(11-13)14(18)15(12-19-2)6-8-16-9-7-15/h13,16H,3-12H2,1-2H3. The van der Waals surface area contributed by atoms with E-state index >= 15 is 0 Å². The second-order valence-corrected chi connectivity index (χ2v) is 5.93. The molecule has 1 amide bonds. The number of methoxy groups -OCH3 is 1. The van der Waals surface area contributed by atoms with Crippen molar-refractivity contribution < 1.29 is 14.3 Å². The molecule has 2 aliphatic rings. The first kappa shape index (κ1) is 15.7. The normalized spacial score (nSPS) is 26.5. The van der Waals surface area contributed by atoms with Crippen molar-refractivity contribution in [2.45, 2.75) is 38.7 Å². The Labute approximate surface area is 122 Å². The fraction of sp³-hybridized carbons (Fsp3) is 0.933. The van der Waals surface area contributed by atoms with Gasteiger partial charge in [0.1, 0.15) is 0 Å². The van der Waals surface area contributed by atoms with E-state index in [-0.39, 0.29) is 17.4 Å². The van der Waals surface area contributed by atoms with Gasteiger partial charge in [0.05, 0.1) is 18.1 Å². The number of carbonyl (C=O) groups is 1. The minimum Gasteiger partial charge on any atom is -0.384 e. The van der Waals surface area contributed by atoms with Crippen LogP contribution in [0.3, 0.4) is 0 Å². The van der Waals surface area contributed by atoms with Gasteiger partial charge in [0.2, 0.25) is 5.91 Å². The van der Waals surface area contributed by atoms with Gasteiger partial charge in [0, 0.05) is 26.8 Å². The van der Waals surface area contributed by atoms with Gasteiger partial charge in [0.15, 0.2) is 0 Å². The van der Waals surface area contributed by atoms with E-state index in [2.05, 4.69) is 5.32 Å². The first-order valence-corrected chi connectivity index (χ1v) is 7.82. The second kappa shape index (κ2) is 7.38. The van der Waals surface area contributed by atoms with Crippen molar-refractivity contribution in [3.8, 4) is 0 Å². The van der Waals surface area contributed by atoms with Gasteiger partial charge in [0.25, 0.3) is 0 Å². The third-order valence-electron chi connectivity index (χ3n) is 4.50. The Morgan fingerprint density at radius 2 is 2.15 bits per heavy atom. The smallest absolute Gasteiger partial charge is 0.231 e. The molecule has 1 unspecified atom stereocenters. The van der Waals surface area contributed by atoms with Gasteiger partial charge >= 0.3 is 0 Å². The van der Waals surface area contributed by atoms with Crippen molar-refractivity contribution in [2.75, 3.05) is 46.5 Å². The summed E-state index contributed by atoms with van der Waals surface area (Å²) in [4.78, 5) is 15.0. The van der Waals surface area contributed by atoms with Crippen LogP contribution in [-0.2, 0) is 14.3 Å². The fourth-order valence-corrected chi connectivity index (χ4v) is 3.43. The van der Waals surface area contributed by atoms with Gasteiger partial charge in [-0.25, -0.2) is 0 Å². The third kappa shape index (κ3) is 3.51. The molecule has 2 fully saturated rings. The van der Waals surface area contributed by atoms with Crippen molar-refractivity contribution in [1.29, 1.82) is 0 Å². The molecule has 1 atom stereocenters. The SMILES string of the molecule is CCOC1CCCN(C(=O)C2(COC)CCNCC2)C1. The molecule has 20 heavy (non-hydrogen) atoms. The number of carbonyl (C=O) groups excluding carboxylic acids is 1. The Morgan fingerprint density at radius 1 is 1.40 bits per heavy atom. The summed E-state index contributed by atoms with van der Waals surface area (Å²) in [7, 11) is 1.69. The Hall–Kier alpha value is -0.650. The lowest BCUT2D eigenvalue weighted by atomic mass is 9.78. The lowest BCUT2D eigenvalue weighted by Crippen LogP contribution is -2.54. The Morgan fingerprint density at radius 3 is 2.80 bits per heavy atom. The summed E-state index contributed by atoms with van der Waals surface area (Å²) in [6, 6.07) is 0. The summed E-state index contributed by atoms with van der Waals surface area (Å²) in [5, 5.41) is 3.33. The highest BCUT2D eigenvalue weighted by Crippen LogP contribution is 2.32. The van der Waals surface area contributed by atoms with E-state index in [4.69, 9.17) is 9.47 Å². The molecule has 5 heteroatoms. The number of likely N-dealkylation sites (tertiary alicyclic amines) is 1. The first-order valence-electron chi connectivity index (χ1n) is 7.82. The molecule has 2 saturated heterocycles. The van der Waals surface area contributed by atoms with E-state index < -0.39 is 0 Å². The topological polar surface area (TPSA) is 50.8 Å². The van der Waals surface area contributed by atoms with Crippen LogP contribution in [0.15, 0.2) is 0 Å². The summed E-state index contributed by atoms with van der Waals surface area (Å²) in [6.07, 6.45) is 4.05. The highest BCUT2D eigenvalue weighted by molar-refractivity contribution is 5.83. The first-order chi connectivity index (χ1) is 9.72. The molecule has 0 aliphatic carbocycles. The van der Waals surface area contributed by atoms with E-state index in [9.17, 15) is 4.79 Å². The molecule has 2 aliphatic heterocycles. The zero-order valence-corrected chi connectivity index (χ0v) is 12.8. The molecule has 0 aromatic heterocycles. The lowest BCUT2D eigenvalue weighted by molar-refractivity contribution is -0.151. The highest BCUT2D eigenvalue weighted by Gasteiger charge is 2.43. The lowest BCUT2D eigenvalue weighted by Gasteiger charge is -2.42. The molecule has 116 valence electrons. The molecule has 5 nitrogen and oxygen atoms in total. The number of amides is 1. The van der Waals surface area contributed by atoms with Crippen LogP contribution in [0.4, 0.5) is 0 Å². The van der Waals surface area contributed by atoms with E-state index in [1.807, 2.05) is 11.8 Å². The van der Waals surface area contributed by atoms with Crippen LogP contribution < -0.4 is 5.32 Å². The summed E-state index contributed by atoms with van der Waals surface area (Å²) < 4.78 is 11.1. The molecule has 2 rings (SSSR count). The van der Waals surface area contributed by atoms with Crippen LogP contribution in [0.2, 0.25) is 0 Å². The van der Waals surface area contributed by atoms with Gasteiger partial charge in [-0.1, -0.05) is 0 Å². The molecule has 0 radical (unpaired) electrons. The number of rotatable bonds is 5. The number of ether oxygens (including phenoxy) is 2. The van der Waals surface area contributed by atoms with Crippen LogP contribution >= 0.6 is 0 Å². The minimum atomic E-state index is -0.325. The molecular weight excluding hydrogens is 256 g/mol. The Bertz CT molecular complexity index is 309.